The van der Waals surface area contributed by atoms with Crippen LogP contribution < -0.4 is 47.0 Å². The highest BCUT2D eigenvalue weighted by Gasteiger charge is 2.48. The average molecular weight is 734 g/mol. The van der Waals surface area contributed by atoms with E-state index < -0.39 is 0 Å². The third-order valence-electron chi connectivity index (χ3n) is 13.7. The summed E-state index contributed by atoms with van der Waals surface area (Å²) in [5.41, 5.74) is 16.5. The van der Waals surface area contributed by atoms with Crippen LogP contribution in [0.3, 0.4) is 0 Å². The fourth-order valence-electron chi connectivity index (χ4n) is 11.1. The summed E-state index contributed by atoms with van der Waals surface area (Å²) >= 11 is 0. The van der Waals surface area contributed by atoms with Crippen molar-refractivity contribution in [3.05, 3.63) is 120 Å². The van der Waals surface area contributed by atoms with Crippen LogP contribution in [-0.2, 0) is 10.8 Å². The number of benzene rings is 7. The van der Waals surface area contributed by atoms with Crippen molar-refractivity contribution in [1.82, 2.24) is 9.13 Å². The Morgan fingerprint density at radius 3 is 1.30 bits per heavy atom. The first-order chi connectivity index (χ1) is 27.5. The van der Waals surface area contributed by atoms with Gasteiger partial charge in [-0.25, -0.2) is 0 Å². The Labute approximate surface area is 330 Å². The minimum atomic E-state index is -0.113. The molecule has 9 aromatic rings. The van der Waals surface area contributed by atoms with E-state index in [1.165, 1.54) is 88.0 Å². The largest absolute Gasteiger partial charge is 0.458 e. The predicted octanol–water partition coefficient (Wildman–Crippen LogP) is 8.45. The molecule has 57 heavy (non-hydrogen) atoms. The third kappa shape index (κ3) is 3.58. The minimum Gasteiger partial charge on any atom is -0.458 e. The lowest BCUT2D eigenvalue weighted by molar-refractivity contribution is 0.461. The molecule has 0 unspecified atom stereocenters. The van der Waals surface area contributed by atoms with E-state index in [1.54, 1.807) is 0 Å². The van der Waals surface area contributed by atoms with Gasteiger partial charge in [0.25, 0.3) is 13.4 Å². The summed E-state index contributed by atoms with van der Waals surface area (Å²) in [7, 11) is 0. The highest BCUT2D eigenvalue weighted by molar-refractivity contribution is 7.02. The second-order valence-corrected chi connectivity index (χ2v) is 18.9. The third-order valence-corrected chi connectivity index (χ3v) is 13.7. The Morgan fingerprint density at radius 1 is 0.404 bits per heavy atom. The molecule has 0 atom stereocenters. The first-order valence-corrected chi connectivity index (χ1v) is 20.2. The number of fused-ring (bicyclic) bond motifs is 8. The van der Waals surface area contributed by atoms with E-state index in [1.807, 2.05) is 0 Å². The van der Waals surface area contributed by atoms with Gasteiger partial charge in [-0.3, -0.25) is 0 Å². The molecule has 270 valence electrons. The Kier molecular flexibility index (Phi) is 5.20. The molecule has 7 heterocycles. The molecule has 0 radical (unpaired) electrons. The maximum absolute atomic E-state index is 7.53. The molecule has 7 heteroatoms. The summed E-state index contributed by atoms with van der Waals surface area (Å²) in [4.78, 5) is 0. The molecule has 14 rings (SSSR count). The predicted molar refractivity (Wildman–Crippen MR) is 235 cm³/mol. The van der Waals surface area contributed by atoms with Gasteiger partial charge >= 0.3 is 0 Å². The molecule has 0 amide bonds. The number of nitrogens with zero attached hydrogens (tertiary/aromatic N) is 2. The van der Waals surface area contributed by atoms with Gasteiger partial charge in [-0.15, -0.1) is 0 Å². The fraction of sp³-hybridized carbons (Fsp3) is 0.160. The van der Waals surface area contributed by atoms with Crippen LogP contribution in [0.1, 0.15) is 52.7 Å². The molecule has 2 aromatic heterocycles. The van der Waals surface area contributed by atoms with Crippen molar-refractivity contribution in [2.75, 3.05) is 0 Å². The van der Waals surface area contributed by atoms with E-state index in [0.29, 0.717) is 0 Å². The summed E-state index contributed by atoms with van der Waals surface area (Å²) < 4.78 is 26.8. The summed E-state index contributed by atoms with van der Waals surface area (Å²) in [6.07, 6.45) is 0. The van der Waals surface area contributed by atoms with Crippen molar-refractivity contribution in [1.29, 1.82) is 0 Å². The maximum atomic E-state index is 7.53. The van der Waals surface area contributed by atoms with Gasteiger partial charge in [0.15, 0.2) is 0 Å². The van der Waals surface area contributed by atoms with Crippen LogP contribution in [0.2, 0.25) is 0 Å². The van der Waals surface area contributed by atoms with E-state index in [0.717, 1.165) is 45.4 Å². The van der Waals surface area contributed by atoms with Crippen molar-refractivity contribution in [2.24, 2.45) is 0 Å². The number of aromatic nitrogens is 2. The van der Waals surface area contributed by atoms with Crippen molar-refractivity contribution >= 4 is 89.8 Å². The molecular formula is C50H36B2N2O3. The zero-order valence-electron chi connectivity index (χ0n) is 32.7. The Balaban J connectivity index is 1.19. The number of hydrogen-bond donors (Lipinski definition) is 0. The number of ether oxygens (including phenoxy) is 3. The van der Waals surface area contributed by atoms with E-state index >= 15 is 0 Å². The van der Waals surface area contributed by atoms with Crippen molar-refractivity contribution in [3.63, 3.8) is 0 Å². The molecular weight excluding hydrogens is 698 g/mol. The molecule has 7 aromatic carbocycles. The zero-order valence-corrected chi connectivity index (χ0v) is 32.7. The van der Waals surface area contributed by atoms with Crippen LogP contribution in [0.4, 0.5) is 0 Å². The molecule has 0 saturated heterocycles. The molecule has 0 aliphatic carbocycles. The Hall–Kier alpha value is -6.33. The van der Waals surface area contributed by atoms with Crippen LogP contribution in [-0.4, -0.2) is 22.6 Å². The lowest BCUT2D eigenvalue weighted by Crippen LogP contribution is -2.63. The molecule has 0 saturated carbocycles. The number of para-hydroxylation sites is 2. The molecule has 0 N–H and O–H groups in total. The van der Waals surface area contributed by atoms with Gasteiger partial charge in [0, 0.05) is 39.0 Å². The van der Waals surface area contributed by atoms with Crippen LogP contribution >= 0.6 is 0 Å². The van der Waals surface area contributed by atoms with Crippen LogP contribution in [0, 0.1) is 0 Å². The van der Waals surface area contributed by atoms with Crippen molar-refractivity contribution in [2.45, 2.75) is 52.4 Å². The van der Waals surface area contributed by atoms with Gasteiger partial charge in [-0.2, -0.15) is 0 Å². The maximum Gasteiger partial charge on any atom is 0.261 e. The number of rotatable bonds is 0. The highest BCUT2D eigenvalue weighted by atomic mass is 16.5. The summed E-state index contributed by atoms with van der Waals surface area (Å²) in [5.74, 6) is 5.25. The summed E-state index contributed by atoms with van der Waals surface area (Å²) in [5, 5.41) is 4.94. The second-order valence-electron chi connectivity index (χ2n) is 18.9. The van der Waals surface area contributed by atoms with Crippen molar-refractivity contribution in [3.8, 4) is 45.9 Å². The van der Waals surface area contributed by atoms with E-state index in [2.05, 4.69) is 160 Å². The van der Waals surface area contributed by atoms with Crippen LogP contribution in [0.5, 0.6) is 34.5 Å². The van der Waals surface area contributed by atoms with Gasteiger partial charge in [0.1, 0.15) is 34.5 Å². The lowest BCUT2D eigenvalue weighted by atomic mass is 9.31. The monoisotopic (exact) mass is 734 g/mol. The average Bonchev–Trinajstić information content (AvgIpc) is 3.71. The van der Waals surface area contributed by atoms with Crippen molar-refractivity contribution < 1.29 is 14.2 Å². The standard InChI is InChI=1S/C50H36B2N2O3/c1-49(2,3)25-19-35-43-41(21-25)56-39-24-40-32-23-31(39)51(43)45-37(17-15-29-27-11-7-9-13-33(27)53(35)47(29)45)55-38-18-16-30-28-12-8-10-14-34(28)54-36-20-26(50(4,5)6)22-42(57-40)44(36)52(32)46(38)48(30)54/h7-24H,1-6H3. The highest BCUT2D eigenvalue weighted by Crippen LogP contribution is 2.46. The molecule has 5 aliphatic rings. The quantitative estimate of drug-likeness (QED) is 0.147. The molecule has 5 aliphatic heterocycles. The smallest absolute Gasteiger partial charge is 0.261 e. The first kappa shape index (κ1) is 30.8. The summed E-state index contributed by atoms with van der Waals surface area (Å²) in [6.45, 7) is 13.5. The topological polar surface area (TPSA) is 37.5 Å². The van der Waals surface area contributed by atoms with Gasteiger partial charge in [-0.05, 0) is 115 Å². The summed E-state index contributed by atoms with van der Waals surface area (Å²) in [6, 6.07) is 40.7. The number of hydrogen-bond acceptors (Lipinski definition) is 3. The van der Waals surface area contributed by atoms with E-state index in [4.69, 9.17) is 14.2 Å². The van der Waals surface area contributed by atoms with E-state index in [-0.39, 0.29) is 24.3 Å². The van der Waals surface area contributed by atoms with Crippen LogP contribution in [0.15, 0.2) is 109 Å². The van der Waals surface area contributed by atoms with Gasteiger partial charge in [-0.1, -0.05) is 84.0 Å². The van der Waals surface area contributed by atoms with Gasteiger partial charge < -0.3 is 23.3 Å². The minimum absolute atomic E-state index is 0.0948. The zero-order chi connectivity index (χ0) is 38.0. The van der Waals surface area contributed by atoms with E-state index in [9.17, 15) is 0 Å². The Morgan fingerprint density at radius 2 is 0.842 bits per heavy atom. The SMILES string of the molecule is CC(C)(C)c1cc2c3c(c1)-n1c4ccccc4c4ccc5c(c41)B3c1cc3c(cc1O2)Oc1cc(C(C)(C)C)cc2c1B3c1c(ccc3c4ccccc4n-2c13)O5. The van der Waals surface area contributed by atoms with Gasteiger partial charge in [0.05, 0.1) is 22.1 Å². The van der Waals surface area contributed by atoms with Crippen LogP contribution in [0.25, 0.3) is 55.0 Å². The first-order valence-electron chi connectivity index (χ1n) is 20.2. The molecule has 0 fully saturated rings. The normalized spacial score (nSPS) is 14.8. The second kappa shape index (κ2) is 9.61. The Bertz CT molecular complexity index is 3210. The molecule has 2 bridgehead atoms. The molecule has 0 spiro atoms. The fourth-order valence-corrected chi connectivity index (χ4v) is 11.1. The molecule has 5 nitrogen and oxygen atoms in total. The van der Waals surface area contributed by atoms with Gasteiger partial charge in [0.2, 0.25) is 0 Å². The lowest BCUT2D eigenvalue weighted by Gasteiger charge is -2.39.